The Morgan fingerprint density at radius 2 is 1.47 bits per heavy atom. The number of hydrogen-bond donors (Lipinski definition) is 1. The summed E-state index contributed by atoms with van der Waals surface area (Å²) < 4.78 is 0. The minimum atomic E-state index is -1.21. The van der Waals surface area contributed by atoms with Crippen molar-refractivity contribution in [3.05, 3.63) is 106 Å². The van der Waals surface area contributed by atoms with Crippen LogP contribution in [0.5, 0.6) is 0 Å². The summed E-state index contributed by atoms with van der Waals surface area (Å²) in [5.74, 6) is -3.11. The molecule has 0 bridgehead atoms. The number of halogens is 1. The van der Waals surface area contributed by atoms with Gasteiger partial charge in [-0.25, -0.2) is 4.79 Å². The third-order valence-corrected chi connectivity index (χ3v) is 7.08. The zero-order chi connectivity index (χ0) is 26.0. The van der Waals surface area contributed by atoms with Crippen LogP contribution in [0.15, 0.2) is 78.9 Å². The molecule has 1 N–H and O–H groups in total. The van der Waals surface area contributed by atoms with Gasteiger partial charge in [-0.05, 0) is 36.1 Å². The normalized spacial score (nSPS) is 21.5. The average Bonchev–Trinajstić information content (AvgIpc) is 3.21. The molecule has 1 fully saturated rings. The van der Waals surface area contributed by atoms with Gasteiger partial charge in [-0.2, -0.15) is 0 Å². The summed E-state index contributed by atoms with van der Waals surface area (Å²) in [6, 6.07) is 21.5. The van der Waals surface area contributed by atoms with Gasteiger partial charge >= 0.3 is 5.97 Å². The molecule has 0 saturated carbocycles. The van der Waals surface area contributed by atoms with Crippen LogP contribution in [0.25, 0.3) is 0 Å². The number of ketones is 1. The van der Waals surface area contributed by atoms with Crippen LogP contribution in [0.4, 0.5) is 0 Å². The maximum absolute atomic E-state index is 14.1. The molecule has 4 rings (SSSR count). The van der Waals surface area contributed by atoms with E-state index in [2.05, 4.69) is 0 Å². The van der Waals surface area contributed by atoms with E-state index in [0.717, 1.165) is 11.1 Å². The van der Waals surface area contributed by atoms with Crippen molar-refractivity contribution in [2.45, 2.75) is 45.2 Å². The fourth-order valence-corrected chi connectivity index (χ4v) is 5.38. The molecular weight excluding hydrogens is 474 g/mol. The Labute approximate surface area is 216 Å². The molecule has 1 aliphatic heterocycles. The third-order valence-electron chi connectivity index (χ3n) is 6.83. The number of carboxylic acids is 1. The van der Waals surface area contributed by atoms with E-state index in [1.165, 1.54) is 4.90 Å². The first kappa shape index (κ1) is 25.6. The number of carbonyl (C=O) groups excluding carboxylic acids is 2. The Balaban J connectivity index is 1.98. The zero-order valence-electron chi connectivity index (χ0n) is 20.6. The largest absolute Gasteiger partial charge is 0.480 e. The van der Waals surface area contributed by atoms with Crippen LogP contribution < -0.4 is 0 Å². The maximum atomic E-state index is 14.1. The molecule has 3 aromatic rings. The molecule has 3 aromatic carbocycles. The van der Waals surface area contributed by atoms with Crippen molar-refractivity contribution in [2.24, 2.45) is 11.8 Å². The number of aryl methyl sites for hydroxylation is 1. The minimum Gasteiger partial charge on any atom is -0.480 e. The molecule has 0 spiro atoms. The summed E-state index contributed by atoms with van der Waals surface area (Å²) in [5.41, 5.74) is 2.93. The monoisotopic (exact) mass is 503 g/mol. The lowest BCUT2D eigenvalue weighted by Gasteiger charge is -2.31. The molecule has 36 heavy (non-hydrogen) atoms. The molecule has 186 valence electrons. The Morgan fingerprint density at radius 3 is 2.03 bits per heavy atom. The van der Waals surface area contributed by atoms with Gasteiger partial charge in [-0.3, -0.25) is 9.59 Å². The van der Waals surface area contributed by atoms with E-state index in [9.17, 15) is 19.5 Å². The molecule has 0 radical (unpaired) electrons. The Morgan fingerprint density at radius 1 is 0.889 bits per heavy atom. The quantitative estimate of drug-likeness (QED) is 0.383. The Kier molecular flexibility index (Phi) is 7.60. The van der Waals surface area contributed by atoms with E-state index in [-0.39, 0.29) is 24.0 Å². The number of hydrogen-bond acceptors (Lipinski definition) is 3. The van der Waals surface area contributed by atoms with Gasteiger partial charge in [0.1, 0.15) is 6.04 Å². The van der Waals surface area contributed by atoms with Gasteiger partial charge in [-0.15, -0.1) is 0 Å². The lowest BCUT2D eigenvalue weighted by molar-refractivity contribution is -0.150. The molecule has 4 unspecified atom stereocenters. The first-order valence-electron chi connectivity index (χ1n) is 12.1. The second kappa shape index (κ2) is 10.7. The van der Waals surface area contributed by atoms with Crippen LogP contribution in [0.1, 0.15) is 59.3 Å². The second-order valence-corrected chi connectivity index (χ2v) is 10.3. The zero-order valence-corrected chi connectivity index (χ0v) is 21.4. The van der Waals surface area contributed by atoms with Crippen molar-refractivity contribution in [1.29, 1.82) is 0 Å². The predicted octanol–water partition coefficient (Wildman–Crippen LogP) is 6.31. The molecule has 5 nitrogen and oxygen atoms in total. The summed E-state index contributed by atoms with van der Waals surface area (Å²) in [6.07, 6.45) is 0.186. The van der Waals surface area contributed by atoms with Crippen LogP contribution in [0, 0.1) is 18.8 Å². The Hall–Kier alpha value is -3.44. The lowest BCUT2D eigenvalue weighted by atomic mass is 9.76. The summed E-state index contributed by atoms with van der Waals surface area (Å²) in [4.78, 5) is 42.2. The van der Waals surface area contributed by atoms with E-state index in [1.54, 1.807) is 48.5 Å². The fraction of sp³-hybridized carbons (Fsp3) is 0.300. The van der Waals surface area contributed by atoms with Gasteiger partial charge in [0.15, 0.2) is 5.78 Å². The number of aliphatic carboxylic acids is 1. The van der Waals surface area contributed by atoms with Crippen molar-refractivity contribution < 1.29 is 19.5 Å². The molecular formula is C30H30ClNO4. The van der Waals surface area contributed by atoms with E-state index < -0.39 is 29.9 Å². The highest BCUT2D eigenvalue weighted by Crippen LogP contribution is 2.51. The lowest BCUT2D eigenvalue weighted by Crippen LogP contribution is -2.44. The van der Waals surface area contributed by atoms with Crippen LogP contribution in [-0.4, -0.2) is 33.7 Å². The summed E-state index contributed by atoms with van der Waals surface area (Å²) >= 11 is 6.14. The molecule has 1 aliphatic rings. The molecule has 0 aromatic heterocycles. The van der Waals surface area contributed by atoms with Gasteiger partial charge < -0.3 is 10.0 Å². The number of amides is 1. The van der Waals surface area contributed by atoms with Gasteiger partial charge in [0.2, 0.25) is 5.91 Å². The number of benzene rings is 3. The highest BCUT2D eigenvalue weighted by atomic mass is 35.5. The smallest absolute Gasteiger partial charge is 0.327 e. The van der Waals surface area contributed by atoms with Crippen LogP contribution in [0.3, 0.4) is 0 Å². The van der Waals surface area contributed by atoms with Gasteiger partial charge in [-0.1, -0.05) is 97.7 Å². The topological polar surface area (TPSA) is 74.7 Å². The number of likely N-dealkylation sites (tertiary alicyclic amines) is 1. The van der Waals surface area contributed by atoms with Crippen molar-refractivity contribution in [3.63, 3.8) is 0 Å². The minimum absolute atomic E-state index is 0.0310. The number of Topliss-reactive ketones (excluding diaryl/α,β-unsaturated/α-hetero) is 1. The third kappa shape index (κ3) is 5.07. The molecule has 6 heteroatoms. The predicted molar refractivity (Wildman–Crippen MR) is 140 cm³/mol. The summed E-state index contributed by atoms with van der Waals surface area (Å²) in [6.45, 7) is 5.81. The van der Waals surface area contributed by atoms with Gasteiger partial charge in [0.05, 0.1) is 12.0 Å². The first-order valence-corrected chi connectivity index (χ1v) is 12.5. The number of rotatable bonds is 7. The molecule has 1 amide bonds. The highest BCUT2D eigenvalue weighted by Gasteiger charge is 2.57. The standard InChI is InChI=1S/C30H30ClNO4/c1-18(2)17-24(33)32-27(21-11-9-19(3)10-12-21)26(29(34)22-7-5-4-6-8-22)25(28(32)30(35)36)20-13-15-23(31)16-14-20/h4-16,18,25-28H,17H2,1-3H3,(H,35,36). The van der Waals surface area contributed by atoms with Crippen LogP contribution in [-0.2, 0) is 9.59 Å². The van der Waals surface area contributed by atoms with Gasteiger partial charge in [0, 0.05) is 22.9 Å². The van der Waals surface area contributed by atoms with Gasteiger partial charge in [0.25, 0.3) is 0 Å². The number of nitrogens with zero attached hydrogens (tertiary/aromatic N) is 1. The second-order valence-electron chi connectivity index (χ2n) is 9.87. The summed E-state index contributed by atoms with van der Waals surface area (Å²) in [5, 5.41) is 11.0. The Bertz CT molecular complexity index is 1240. The van der Waals surface area contributed by atoms with Crippen molar-refractivity contribution in [1.82, 2.24) is 4.90 Å². The average molecular weight is 504 g/mol. The summed E-state index contributed by atoms with van der Waals surface area (Å²) in [7, 11) is 0. The number of carbonyl (C=O) groups is 3. The van der Waals surface area contributed by atoms with Crippen LogP contribution >= 0.6 is 11.6 Å². The molecule has 4 atom stereocenters. The van der Waals surface area contributed by atoms with E-state index in [0.29, 0.717) is 16.1 Å². The number of carboxylic acid groups (broad SMARTS) is 1. The van der Waals surface area contributed by atoms with E-state index >= 15 is 0 Å². The van der Waals surface area contributed by atoms with Crippen molar-refractivity contribution in [2.75, 3.05) is 0 Å². The van der Waals surface area contributed by atoms with Crippen LogP contribution in [0.2, 0.25) is 5.02 Å². The van der Waals surface area contributed by atoms with E-state index in [4.69, 9.17) is 11.6 Å². The SMILES string of the molecule is Cc1ccc(C2C(C(=O)c3ccccc3)C(c3ccc(Cl)cc3)C(C(=O)O)N2C(=O)CC(C)C)cc1. The molecule has 0 aliphatic carbocycles. The first-order chi connectivity index (χ1) is 17.2. The fourth-order valence-electron chi connectivity index (χ4n) is 5.26. The highest BCUT2D eigenvalue weighted by molar-refractivity contribution is 6.30. The van der Waals surface area contributed by atoms with E-state index in [1.807, 2.05) is 51.1 Å². The molecule has 1 heterocycles. The molecule has 1 saturated heterocycles. The van der Waals surface area contributed by atoms with Crippen molar-refractivity contribution >= 4 is 29.3 Å². The van der Waals surface area contributed by atoms with Crippen molar-refractivity contribution in [3.8, 4) is 0 Å². The maximum Gasteiger partial charge on any atom is 0.327 e.